The fourth-order valence-electron chi connectivity index (χ4n) is 8.73. The Morgan fingerprint density at radius 3 is 1.44 bits per heavy atom. The van der Waals surface area contributed by atoms with E-state index in [4.69, 9.17) is 8.83 Å². The molecule has 2 aromatic heterocycles. The van der Waals surface area contributed by atoms with Crippen LogP contribution in [0.5, 0.6) is 0 Å². The van der Waals surface area contributed by atoms with Gasteiger partial charge in [0.25, 0.3) is 5.52 Å². The first kappa shape index (κ1) is 46.8. The Morgan fingerprint density at radius 1 is 0.474 bits per heavy atom. The van der Waals surface area contributed by atoms with Crippen molar-refractivity contribution < 1.29 is 13.4 Å². The first-order valence-corrected chi connectivity index (χ1v) is 24.8. The molecule has 4 nitrogen and oxygen atoms in total. The monoisotopic (exact) mass is 782 g/mol. The van der Waals surface area contributed by atoms with Crippen molar-refractivity contribution in [2.45, 2.75) is 239 Å². The Balaban J connectivity index is 1.17. The number of fused-ring (bicyclic) bond motifs is 2. The number of hydrogen-bond acceptors (Lipinski definition) is 3. The van der Waals surface area contributed by atoms with Crippen LogP contribution in [0.1, 0.15) is 237 Å². The molecule has 4 rings (SSSR count). The Hall–Kier alpha value is -2.88. The molecule has 318 valence electrons. The second-order valence-corrected chi connectivity index (χ2v) is 17.4. The van der Waals surface area contributed by atoms with E-state index >= 15 is 0 Å². The van der Waals surface area contributed by atoms with E-state index in [1.807, 2.05) is 24.3 Å². The fraction of sp³-hybridized carbons (Fsp3) is 0.698. The molecule has 0 N–H and O–H groups in total. The molecule has 0 saturated carbocycles. The number of para-hydroxylation sites is 3. The molecule has 0 radical (unpaired) electrons. The highest BCUT2D eigenvalue weighted by Crippen LogP contribution is 2.23. The number of hydrogen-bond donors (Lipinski definition) is 0. The van der Waals surface area contributed by atoms with E-state index in [1.54, 1.807) is 0 Å². The molecule has 57 heavy (non-hydrogen) atoms. The van der Waals surface area contributed by atoms with Crippen molar-refractivity contribution >= 4 is 28.3 Å². The molecule has 0 bridgehead atoms. The molecule has 0 atom stereocenters. The second kappa shape index (κ2) is 31.1. The van der Waals surface area contributed by atoms with E-state index < -0.39 is 0 Å². The van der Waals surface area contributed by atoms with Crippen molar-refractivity contribution in [1.29, 1.82) is 0 Å². The summed E-state index contributed by atoms with van der Waals surface area (Å²) in [4.78, 5) is 4.68. The standard InChI is InChI=1S/C53H85N2O2/c1-3-5-7-9-11-13-15-17-19-21-23-25-27-29-31-33-39-47-40-37-43-50-53(47)55(52(57-50)45-38-44-51-54-48-41-34-35-42-49(48)56-51)46-36-32-30-28-26-24-22-20-18-16-14-12-10-8-6-4-2/h34-35,37-38,40-43,45H,3-33,36,39,44,46H2,1-2H3/q+1. The van der Waals surface area contributed by atoms with Crippen LogP contribution < -0.4 is 4.57 Å². The van der Waals surface area contributed by atoms with Crippen LogP contribution in [0.25, 0.3) is 28.3 Å². The lowest BCUT2D eigenvalue weighted by atomic mass is 10.0. The molecule has 0 unspecified atom stereocenters. The van der Waals surface area contributed by atoms with Crippen LogP contribution in [0, 0.1) is 0 Å². The van der Waals surface area contributed by atoms with E-state index in [0.717, 1.165) is 41.4 Å². The number of aryl methyl sites for hydroxylation is 2. The third kappa shape index (κ3) is 19.6. The molecule has 2 aromatic carbocycles. The van der Waals surface area contributed by atoms with Gasteiger partial charge in [0.1, 0.15) is 5.52 Å². The Bertz CT molecular complexity index is 1550. The van der Waals surface area contributed by atoms with Crippen LogP contribution in [-0.4, -0.2) is 4.98 Å². The maximum atomic E-state index is 6.57. The van der Waals surface area contributed by atoms with Gasteiger partial charge in [-0.1, -0.05) is 230 Å². The molecule has 4 aromatic rings. The minimum atomic E-state index is 0.650. The number of aromatic nitrogens is 2. The topological polar surface area (TPSA) is 43.1 Å². The normalized spacial score (nSPS) is 12.0. The third-order valence-electron chi connectivity index (χ3n) is 12.3. The van der Waals surface area contributed by atoms with Gasteiger partial charge in [-0.2, -0.15) is 4.57 Å². The predicted molar refractivity (Wildman–Crippen MR) is 246 cm³/mol. The highest BCUT2D eigenvalue weighted by molar-refractivity contribution is 5.74. The molecular formula is C53H85N2O2+. The number of oxazole rings is 2. The van der Waals surface area contributed by atoms with E-state index in [1.165, 1.54) is 217 Å². The highest BCUT2D eigenvalue weighted by Gasteiger charge is 2.23. The fourth-order valence-corrected chi connectivity index (χ4v) is 8.73. The zero-order valence-corrected chi connectivity index (χ0v) is 37.2. The van der Waals surface area contributed by atoms with Crippen molar-refractivity contribution in [2.75, 3.05) is 0 Å². The lowest BCUT2D eigenvalue weighted by molar-refractivity contribution is -0.678. The first-order chi connectivity index (χ1) is 28.3. The summed E-state index contributed by atoms with van der Waals surface area (Å²) in [6.07, 6.45) is 50.9. The Morgan fingerprint density at radius 2 is 0.930 bits per heavy atom. The zero-order chi connectivity index (χ0) is 39.9. The van der Waals surface area contributed by atoms with Crippen LogP contribution in [0.15, 0.2) is 57.4 Å². The van der Waals surface area contributed by atoms with Gasteiger partial charge in [-0.25, -0.2) is 4.98 Å². The molecular weight excluding hydrogens is 697 g/mol. The van der Waals surface area contributed by atoms with E-state index in [2.05, 4.69) is 53.7 Å². The van der Waals surface area contributed by atoms with Gasteiger partial charge >= 0.3 is 5.89 Å². The lowest BCUT2D eigenvalue weighted by Gasteiger charge is -2.05. The van der Waals surface area contributed by atoms with Crippen molar-refractivity contribution in [2.24, 2.45) is 0 Å². The second-order valence-electron chi connectivity index (χ2n) is 17.4. The Kier molecular flexibility index (Phi) is 25.5. The molecule has 0 aliphatic carbocycles. The van der Waals surface area contributed by atoms with Gasteiger partial charge < -0.3 is 8.83 Å². The maximum Gasteiger partial charge on any atom is 0.373 e. The summed E-state index contributed by atoms with van der Waals surface area (Å²) >= 11 is 0. The lowest BCUT2D eigenvalue weighted by Crippen LogP contribution is -2.36. The zero-order valence-electron chi connectivity index (χ0n) is 37.2. The molecule has 0 saturated heterocycles. The van der Waals surface area contributed by atoms with Gasteiger partial charge in [0.15, 0.2) is 18.0 Å². The molecule has 2 heterocycles. The number of nitrogens with zero attached hydrogens (tertiary/aromatic N) is 2. The first-order valence-electron chi connectivity index (χ1n) is 24.8. The summed E-state index contributed by atoms with van der Waals surface area (Å²) in [6.45, 7) is 5.61. The van der Waals surface area contributed by atoms with Crippen LogP contribution >= 0.6 is 0 Å². The summed E-state index contributed by atoms with van der Waals surface area (Å²) in [5.41, 5.74) is 5.53. The van der Waals surface area contributed by atoms with Gasteiger partial charge in [0.2, 0.25) is 5.58 Å². The van der Waals surface area contributed by atoms with E-state index in [0.29, 0.717) is 6.42 Å². The molecule has 4 heteroatoms. The van der Waals surface area contributed by atoms with Gasteiger partial charge in [-0.3, -0.25) is 0 Å². The third-order valence-corrected chi connectivity index (χ3v) is 12.3. The van der Waals surface area contributed by atoms with Gasteiger partial charge in [0, 0.05) is 24.5 Å². The van der Waals surface area contributed by atoms with Crippen molar-refractivity contribution in [3.05, 3.63) is 65.9 Å². The largest absolute Gasteiger partial charge is 0.440 e. The summed E-state index contributed by atoms with van der Waals surface area (Å²) < 4.78 is 15.0. The van der Waals surface area contributed by atoms with Gasteiger partial charge in [-0.15, -0.1) is 0 Å². The minimum Gasteiger partial charge on any atom is -0.440 e. The summed E-state index contributed by atoms with van der Waals surface area (Å²) in [7, 11) is 0. The average Bonchev–Trinajstić information content (AvgIpc) is 3.81. The minimum absolute atomic E-state index is 0.650. The van der Waals surface area contributed by atoms with Gasteiger partial charge in [-0.05, 0) is 37.5 Å². The van der Waals surface area contributed by atoms with E-state index in [9.17, 15) is 0 Å². The van der Waals surface area contributed by atoms with Crippen molar-refractivity contribution in [3.8, 4) is 0 Å². The van der Waals surface area contributed by atoms with Crippen LogP contribution in [-0.2, 0) is 19.4 Å². The quantitative estimate of drug-likeness (QED) is 0.0338. The number of allylic oxidation sites excluding steroid dienone is 1. The molecule has 0 spiro atoms. The van der Waals surface area contributed by atoms with Crippen LogP contribution in [0.2, 0.25) is 0 Å². The van der Waals surface area contributed by atoms with Crippen LogP contribution in [0.3, 0.4) is 0 Å². The summed E-state index contributed by atoms with van der Waals surface area (Å²) in [6, 6.07) is 14.7. The van der Waals surface area contributed by atoms with Crippen molar-refractivity contribution in [3.63, 3.8) is 0 Å². The molecule has 0 fully saturated rings. The maximum absolute atomic E-state index is 6.57. The molecule has 0 aliphatic heterocycles. The predicted octanol–water partition coefficient (Wildman–Crippen LogP) is 17.2. The van der Waals surface area contributed by atoms with E-state index in [-0.39, 0.29) is 0 Å². The SMILES string of the molecule is CCCCCCCCCCCCCCCCCCc1cccc2oc(C=CCc3nc4ccccc4o3)[n+](CCCCCCCCCCCCCCCCCC)c12. The van der Waals surface area contributed by atoms with Gasteiger partial charge in [0.05, 0.1) is 0 Å². The number of unbranched alkanes of at least 4 members (excludes halogenated alkanes) is 30. The summed E-state index contributed by atoms with van der Waals surface area (Å²) in [5, 5.41) is 0. The van der Waals surface area contributed by atoms with Crippen LogP contribution in [0.4, 0.5) is 0 Å². The summed E-state index contributed by atoms with van der Waals surface area (Å²) in [5.74, 6) is 1.69. The highest BCUT2D eigenvalue weighted by atomic mass is 16.4. The Labute approximate surface area is 350 Å². The average molecular weight is 782 g/mol. The molecule has 0 aliphatic rings. The molecule has 0 amide bonds. The smallest absolute Gasteiger partial charge is 0.373 e. The number of rotatable bonds is 37. The number of benzene rings is 2. The van der Waals surface area contributed by atoms with Crippen molar-refractivity contribution in [1.82, 2.24) is 4.98 Å².